The summed E-state index contributed by atoms with van der Waals surface area (Å²) in [4.78, 5) is 0. The fraction of sp³-hybridized carbons (Fsp3) is 0. The second-order valence-corrected chi connectivity index (χ2v) is 2.79. The van der Waals surface area contributed by atoms with Gasteiger partial charge >= 0.3 is 0 Å². The molecule has 0 aliphatic carbocycles. The summed E-state index contributed by atoms with van der Waals surface area (Å²) in [5.74, 6) is 0.782. The predicted octanol–water partition coefficient (Wildman–Crippen LogP) is 2.09. The zero-order valence-corrected chi connectivity index (χ0v) is 8.70. The largest absolute Gasteiger partial charge is 0.459 e. The first-order valence-electron chi connectivity index (χ1n) is 4.23. The lowest BCUT2D eigenvalue weighted by Gasteiger charge is -2.04. The van der Waals surface area contributed by atoms with Gasteiger partial charge in [-0.3, -0.25) is 0 Å². The first kappa shape index (κ1) is 12.8. The Morgan fingerprint density at radius 1 is 1.00 bits per heavy atom. The summed E-state index contributed by atoms with van der Waals surface area (Å²) < 4.78 is 5.20. The van der Waals surface area contributed by atoms with Crippen molar-refractivity contribution < 1.29 is 4.74 Å². The van der Waals surface area contributed by atoms with Gasteiger partial charge in [-0.15, -0.1) is 0 Å². The van der Waals surface area contributed by atoms with E-state index in [9.17, 15) is 0 Å². The van der Waals surface area contributed by atoms with Gasteiger partial charge in [0.1, 0.15) is 11.5 Å². The zero-order valence-electron chi connectivity index (χ0n) is 8.70. The molecule has 0 aromatic carbocycles. The van der Waals surface area contributed by atoms with E-state index in [1.165, 1.54) is 6.08 Å². The molecule has 0 heterocycles. The van der Waals surface area contributed by atoms with Gasteiger partial charge in [0.05, 0.1) is 0 Å². The maximum Gasteiger partial charge on any atom is 0.122 e. The summed E-state index contributed by atoms with van der Waals surface area (Å²) in [6.45, 7) is 14.3. The number of rotatable bonds is 6. The van der Waals surface area contributed by atoms with Crippen molar-refractivity contribution in [3.8, 4) is 0 Å². The molecule has 0 saturated carbocycles. The van der Waals surface area contributed by atoms with Crippen LogP contribution in [0.2, 0.25) is 0 Å². The fourth-order valence-electron chi connectivity index (χ4n) is 0.677. The Balaban J connectivity index is 4.26. The second kappa shape index (κ2) is 6.32. The molecule has 0 radical (unpaired) electrons. The van der Waals surface area contributed by atoms with Crippen LogP contribution in [0.1, 0.15) is 0 Å². The summed E-state index contributed by atoms with van der Waals surface area (Å²) in [6, 6.07) is 0. The van der Waals surface area contributed by atoms with Gasteiger partial charge in [0, 0.05) is 17.5 Å². The topological polar surface area (TPSA) is 61.3 Å². The molecule has 4 N–H and O–H groups in total. The number of nitrogens with two attached hydrogens (primary N) is 2. The molecule has 0 atom stereocenters. The van der Waals surface area contributed by atoms with Crippen molar-refractivity contribution in [1.82, 2.24) is 0 Å². The lowest BCUT2D eigenvalue weighted by atomic mass is 10.3. The highest BCUT2D eigenvalue weighted by Crippen LogP contribution is 2.07. The Bertz CT molecular complexity index is 349. The van der Waals surface area contributed by atoms with Crippen molar-refractivity contribution in [3.05, 3.63) is 73.5 Å². The van der Waals surface area contributed by atoms with E-state index >= 15 is 0 Å². The maximum atomic E-state index is 5.49. The summed E-state index contributed by atoms with van der Waals surface area (Å²) in [6.07, 6.45) is 6.21. The minimum Gasteiger partial charge on any atom is -0.459 e. The smallest absolute Gasteiger partial charge is 0.122 e. The summed E-state index contributed by atoms with van der Waals surface area (Å²) in [5.41, 5.74) is 11.7. The highest BCUT2D eigenvalue weighted by atomic mass is 16.5. The standard InChI is InChI=1S/C12H16N2O/c1-5-12(14)8-11(4)15-10(3)7-6-9(2)13/h5-8H,1-4,13-14H2/b7-6-,12-8+. The van der Waals surface area contributed by atoms with Crippen LogP contribution in [0.15, 0.2) is 73.5 Å². The fourth-order valence-corrected chi connectivity index (χ4v) is 0.677. The number of hydrogen-bond acceptors (Lipinski definition) is 3. The van der Waals surface area contributed by atoms with Crippen LogP contribution in [-0.4, -0.2) is 0 Å². The van der Waals surface area contributed by atoms with Crippen molar-refractivity contribution >= 4 is 0 Å². The van der Waals surface area contributed by atoms with Gasteiger partial charge < -0.3 is 16.2 Å². The summed E-state index contributed by atoms with van der Waals surface area (Å²) in [7, 11) is 0. The van der Waals surface area contributed by atoms with Crippen molar-refractivity contribution in [2.45, 2.75) is 0 Å². The van der Waals surface area contributed by atoms with Crippen LogP contribution in [0.4, 0.5) is 0 Å². The quantitative estimate of drug-likeness (QED) is 0.514. The lowest BCUT2D eigenvalue weighted by molar-refractivity contribution is 0.340. The molecule has 0 aromatic rings. The van der Waals surface area contributed by atoms with Gasteiger partial charge in [0.2, 0.25) is 0 Å². The van der Waals surface area contributed by atoms with Gasteiger partial charge in [-0.05, 0) is 18.2 Å². The Morgan fingerprint density at radius 2 is 1.60 bits per heavy atom. The van der Waals surface area contributed by atoms with Gasteiger partial charge in [-0.1, -0.05) is 26.3 Å². The van der Waals surface area contributed by atoms with Crippen LogP contribution in [0.25, 0.3) is 0 Å². The highest BCUT2D eigenvalue weighted by Gasteiger charge is 1.93. The second-order valence-electron chi connectivity index (χ2n) is 2.79. The molecule has 0 bridgehead atoms. The maximum absolute atomic E-state index is 5.49. The molecule has 0 saturated heterocycles. The van der Waals surface area contributed by atoms with Crippen molar-refractivity contribution in [2.24, 2.45) is 11.5 Å². The molecule has 0 aliphatic rings. The van der Waals surface area contributed by atoms with E-state index < -0.39 is 0 Å². The average Bonchev–Trinajstić information content (AvgIpc) is 2.14. The molecule has 15 heavy (non-hydrogen) atoms. The van der Waals surface area contributed by atoms with Crippen LogP contribution < -0.4 is 11.5 Å². The number of ether oxygens (including phenoxy) is 1. The third kappa shape index (κ3) is 6.95. The molecule has 80 valence electrons. The zero-order chi connectivity index (χ0) is 11.8. The molecule has 3 heteroatoms. The Morgan fingerprint density at radius 3 is 2.07 bits per heavy atom. The molecule has 0 spiro atoms. The Hall–Kier alpha value is -2.16. The molecule has 0 aliphatic heterocycles. The van der Waals surface area contributed by atoms with Crippen LogP contribution in [0, 0.1) is 0 Å². The molecular formula is C12H16N2O. The van der Waals surface area contributed by atoms with Gasteiger partial charge in [-0.2, -0.15) is 0 Å². The lowest BCUT2D eigenvalue weighted by Crippen LogP contribution is -1.95. The average molecular weight is 204 g/mol. The highest BCUT2D eigenvalue weighted by molar-refractivity contribution is 5.25. The Labute approximate surface area is 90.4 Å². The first-order chi connectivity index (χ1) is 6.95. The number of allylic oxidation sites excluding steroid dienone is 4. The van der Waals surface area contributed by atoms with E-state index in [2.05, 4.69) is 26.3 Å². The predicted molar refractivity (Wildman–Crippen MR) is 64.3 cm³/mol. The van der Waals surface area contributed by atoms with E-state index in [-0.39, 0.29) is 0 Å². The van der Waals surface area contributed by atoms with Crippen molar-refractivity contribution in [1.29, 1.82) is 0 Å². The summed E-state index contributed by atoms with van der Waals surface area (Å²) >= 11 is 0. The molecule has 0 fully saturated rings. The number of hydrogen-bond donors (Lipinski definition) is 2. The first-order valence-corrected chi connectivity index (χ1v) is 4.23. The van der Waals surface area contributed by atoms with Crippen LogP contribution in [-0.2, 0) is 4.74 Å². The Kier molecular flexibility index (Phi) is 5.41. The van der Waals surface area contributed by atoms with Crippen molar-refractivity contribution in [3.63, 3.8) is 0 Å². The molecule has 3 nitrogen and oxygen atoms in total. The van der Waals surface area contributed by atoms with E-state index in [1.807, 2.05) is 0 Å². The monoisotopic (exact) mass is 204 g/mol. The molecule has 0 rings (SSSR count). The van der Waals surface area contributed by atoms with E-state index in [0.29, 0.717) is 22.9 Å². The SMILES string of the molecule is C=C/C(N)=C\C(=C)OC(=C)/C=C\C(=C)N. The molecule has 0 aromatic heterocycles. The van der Waals surface area contributed by atoms with Gasteiger partial charge in [0.15, 0.2) is 0 Å². The normalized spacial score (nSPS) is 11.1. The van der Waals surface area contributed by atoms with E-state index in [0.717, 1.165) is 0 Å². The molecule has 0 unspecified atom stereocenters. The summed E-state index contributed by atoms with van der Waals surface area (Å²) in [5, 5.41) is 0. The van der Waals surface area contributed by atoms with Crippen LogP contribution >= 0.6 is 0 Å². The third-order valence-corrected chi connectivity index (χ3v) is 1.31. The van der Waals surface area contributed by atoms with E-state index in [4.69, 9.17) is 16.2 Å². The van der Waals surface area contributed by atoms with Gasteiger partial charge in [-0.25, -0.2) is 0 Å². The minimum atomic E-state index is 0.379. The minimum absolute atomic E-state index is 0.379. The van der Waals surface area contributed by atoms with Crippen LogP contribution in [0.5, 0.6) is 0 Å². The molecular weight excluding hydrogens is 188 g/mol. The van der Waals surface area contributed by atoms with Gasteiger partial charge in [0.25, 0.3) is 0 Å². The molecule has 0 amide bonds. The van der Waals surface area contributed by atoms with Crippen molar-refractivity contribution in [2.75, 3.05) is 0 Å². The van der Waals surface area contributed by atoms with Crippen LogP contribution in [0.3, 0.4) is 0 Å². The van der Waals surface area contributed by atoms with E-state index in [1.54, 1.807) is 18.2 Å². The third-order valence-electron chi connectivity index (χ3n) is 1.31.